The quantitative estimate of drug-likeness (QED) is 0.394. The molecule has 5 rings (SSSR count). The van der Waals surface area contributed by atoms with E-state index in [-0.39, 0.29) is 5.91 Å². The molecule has 182 valence electrons. The van der Waals surface area contributed by atoms with Gasteiger partial charge in [-0.15, -0.1) is 0 Å². The van der Waals surface area contributed by atoms with E-state index >= 15 is 0 Å². The van der Waals surface area contributed by atoms with Gasteiger partial charge >= 0.3 is 5.97 Å². The zero-order chi connectivity index (χ0) is 25.4. The van der Waals surface area contributed by atoms with Crippen LogP contribution in [0.25, 0.3) is 12.2 Å². The topological polar surface area (TPSA) is 86.7 Å². The Morgan fingerprint density at radius 1 is 0.917 bits per heavy atom. The second-order valence-electron chi connectivity index (χ2n) is 9.58. The van der Waals surface area contributed by atoms with Gasteiger partial charge in [-0.3, -0.25) is 19.7 Å². The zero-order valence-electron chi connectivity index (χ0n) is 20.2. The van der Waals surface area contributed by atoms with Crippen LogP contribution in [0.15, 0.2) is 78.9 Å². The standard InChI is InChI=1S/C30H28N2O4/c1-3-19-13-17-23(18-14-19)32-27(33)24-25(28(32)34)30(2,29(35)36)31-26(24)22-15-11-21(12-16-22)10-9-20-7-5-4-6-8-20/h4-18,24-26,31H,3H2,1-2H3,(H,35,36)/b10-9+. The summed E-state index contributed by atoms with van der Waals surface area (Å²) in [6.45, 7) is 3.53. The minimum absolute atomic E-state index is 0.371. The lowest BCUT2D eigenvalue weighted by Crippen LogP contribution is -2.53. The lowest BCUT2D eigenvalue weighted by atomic mass is 9.80. The SMILES string of the molecule is CCc1ccc(N2C(=O)C3C(c4ccc(/C=C/c5ccccc5)cc4)NC(C)(C(=O)O)C3C2=O)cc1. The third-order valence-corrected chi connectivity index (χ3v) is 7.40. The number of carbonyl (C=O) groups excluding carboxylic acids is 2. The lowest BCUT2D eigenvalue weighted by molar-refractivity contribution is -0.147. The molecule has 2 fully saturated rings. The summed E-state index contributed by atoms with van der Waals surface area (Å²) >= 11 is 0. The average molecular weight is 481 g/mol. The molecule has 2 amide bonds. The second-order valence-corrected chi connectivity index (χ2v) is 9.58. The Bertz CT molecular complexity index is 1330. The number of fused-ring (bicyclic) bond motifs is 1. The third kappa shape index (κ3) is 3.93. The van der Waals surface area contributed by atoms with E-state index in [1.807, 2.05) is 85.8 Å². The molecule has 2 aliphatic heterocycles. The van der Waals surface area contributed by atoms with E-state index in [2.05, 4.69) is 5.32 Å². The Morgan fingerprint density at radius 3 is 2.11 bits per heavy atom. The number of carboxylic acids is 1. The van der Waals surface area contributed by atoms with Gasteiger partial charge in [-0.05, 0) is 47.7 Å². The molecule has 36 heavy (non-hydrogen) atoms. The van der Waals surface area contributed by atoms with E-state index in [4.69, 9.17) is 0 Å². The number of hydrogen-bond acceptors (Lipinski definition) is 4. The molecule has 4 atom stereocenters. The summed E-state index contributed by atoms with van der Waals surface area (Å²) in [5, 5.41) is 13.2. The maximum atomic E-state index is 13.6. The molecule has 4 unspecified atom stereocenters. The maximum Gasteiger partial charge on any atom is 0.324 e. The van der Waals surface area contributed by atoms with Crippen LogP contribution in [0.3, 0.4) is 0 Å². The first kappa shape index (κ1) is 23.7. The number of aliphatic carboxylic acids is 1. The molecule has 2 heterocycles. The van der Waals surface area contributed by atoms with Crippen LogP contribution in [0.4, 0.5) is 5.69 Å². The summed E-state index contributed by atoms with van der Waals surface area (Å²) in [6.07, 6.45) is 4.85. The minimum atomic E-state index is -1.56. The number of hydrogen-bond donors (Lipinski definition) is 2. The smallest absolute Gasteiger partial charge is 0.324 e. The number of benzene rings is 3. The summed E-state index contributed by atoms with van der Waals surface area (Å²) in [4.78, 5) is 40.7. The first-order valence-corrected chi connectivity index (χ1v) is 12.1. The first-order chi connectivity index (χ1) is 17.3. The van der Waals surface area contributed by atoms with Gasteiger partial charge in [-0.2, -0.15) is 0 Å². The van der Waals surface area contributed by atoms with Gasteiger partial charge in [-0.1, -0.05) is 85.8 Å². The van der Waals surface area contributed by atoms with Crippen molar-refractivity contribution >= 4 is 35.6 Å². The molecule has 0 saturated carbocycles. The maximum absolute atomic E-state index is 13.6. The van der Waals surface area contributed by atoms with Gasteiger partial charge in [-0.25, -0.2) is 4.90 Å². The van der Waals surface area contributed by atoms with Gasteiger partial charge < -0.3 is 5.11 Å². The van der Waals surface area contributed by atoms with Crippen LogP contribution in [-0.2, 0) is 20.8 Å². The highest BCUT2D eigenvalue weighted by molar-refractivity contribution is 6.24. The Labute approximate surface area is 210 Å². The molecule has 0 spiro atoms. The Hall–Kier alpha value is -4.03. The van der Waals surface area contributed by atoms with Crippen LogP contribution in [-0.4, -0.2) is 28.4 Å². The molecule has 2 saturated heterocycles. The zero-order valence-corrected chi connectivity index (χ0v) is 20.2. The van der Waals surface area contributed by atoms with Crippen molar-refractivity contribution in [3.05, 3.63) is 101 Å². The molecule has 6 heteroatoms. The lowest BCUT2D eigenvalue weighted by Gasteiger charge is -2.27. The summed E-state index contributed by atoms with van der Waals surface area (Å²) in [5.41, 5.74) is 2.84. The number of nitrogens with zero attached hydrogens (tertiary/aromatic N) is 1. The molecule has 2 aliphatic rings. The predicted octanol–water partition coefficient (Wildman–Crippen LogP) is 4.71. The molecule has 0 radical (unpaired) electrons. The van der Waals surface area contributed by atoms with E-state index in [0.717, 1.165) is 28.7 Å². The molecule has 6 nitrogen and oxygen atoms in total. The molecular formula is C30H28N2O4. The van der Waals surface area contributed by atoms with E-state index in [0.29, 0.717) is 5.69 Å². The van der Waals surface area contributed by atoms with Crippen molar-refractivity contribution in [2.24, 2.45) is 11.8 Å². The van der Waals surface area contributed by atoms with Crippen molar-refractivity contribution < 1.29 is 19.5 Å². The molecule has 3 aromatic rings. The van der Waals surface area contributed by atoms with Crippen molar-refractivity contribution in [2.75, 3.05) is 4.90 Å². The largest absolute Gasteiger partial charge is 0.480 e. The molecular weight excluding hydrogens is 452 g/mol. The van der Waals surface area contributed by atoms with E-state index < -0.39 is 35.3 Å². The Balaban J connectivity index is 1.46. The molecule has 0 aliphatic carbocycles. The van der Waals surface area contributed by atoms with Gasteiger partial charge in [0.2, 0.25) is 11.8 Å². The fourth-order valence-electron chi connectivity index (χ4n) is 5.33. The van der Waals surface area contributed by atoms with Crippen LogP contribution in [0, 0.1) is 11.8 Å². The third-order valence-electron chi connectivity index (χ3n) is 7.40. The van der Waals surface area contributed by atoms with Crippen molar-refractivity contribution in [2.45, 2.75) is 31.8 Å². The monoisotopic (exact) mass is 480 g/mol. The average Bonchev–Trinajstić information content (AvgIpc) is 3.37. The van der Waals surface area contributed by atoms with Crippen LogP contribution < -0.4 is 10.2 Å². The fourth-order valence-corrected chi connectivity index (χ4v) is 5.33. The number of carboxylic acid groups (broad SMARTS) is 1. The van der Waals surface area contributed by atoms with Gasteiger partial charge in [0.1, 0.15) is 5.54 Å². The highest BCUT2D eigenvalue weighted by Gasteiger charge is 2.66. The molecule has 2 N–H and O–H groups in total. The predicted molar refractivity (Wildman–Crippen MR) is 139 cm³/mol. The van der Waals surface area contributed by atoms with Crippen molar-refractivity contribution in [1.82, 2.24) is 5.32 Å². The van der Waals surface area contributed by atoms with Gasteiger partial charge in [0, 0.05) is 6.04 Å². The summed E-state index contributed by atoms with van der Waals surface area (Å²) in [7, 11) is 0. The number of anilines is 1. The number of imide groups is 1. The molecule has 3 aromatic carbocycles. The summed E-state index contributed by atoms with van der Waals surface area (Å²) in [5.74, 6) is -3.81. The van der Waals surface area contributed by atoms with E-state index in [1.165, 1.54) is 11.8 Å². The van der Waals surface area contributed by atoms with Crippen LogP contribution >= 0.6 is 0 Å². The Kier molecular flexibility index (Phi) is 6.06. The summed E-state index contributed by atoms with van der Waals surface area (Å²) in [6, 6.07) is 24.3. The number of amides is 2. The number of carbonyl (C=O) groups is 3. The number of nitrogens with one attached hydrogen (secondary N) is 1. The van der Waals surface area contributed by atoms with Gasteiger partial charge in [0.15, 0.2) is 0 Å². The van der Waals surface area contributed by atoms with Crippen molar-refractivity contribution in [3.63, 3.8) is 0 Å². The molecule has 0 aromatic heterocycles. The van der Waals surface area contributed by atoms with Gasteiger partial charge in [0.25, 0.3) is 0 Å². The fraction of sp³-hybridized carbons (Fsp3) is 0.233. The second kappa shape index (κ2) is 9.21. The number of aryl methyl sites for hydroxylation is 1. The van der Waals surface area contributed by atoms with Crippen molar-refractivity contribution in [3.8, 4) is 0 Å². The van der Waals surface area contributed by atoms with Gasteiger partial charge in [0.05, 0.1) is 17.5 Å². The van der Waals surface area contributed by atoms with E-state index in [9.17, 15) is 19.5 Å². The van der Waals surface area contributed by atoms with Crippen molar-refractivity contribution in [1.29, 1.82) is 0 Å². The highest BCUT2D eigenvalue weighted by Crippen LogP contribution is 2.49. The minimum Gasteiger partial charge on any atom is -0.480 e. The number of rotatable bonds is 6. The molecule has 0 bridgehead atoms. The van der Waals surface area contributed by atoms with Crippen LogP contribution in [0.1, 0.15) is 42.1 Å². The first-order valence-electron chi connectivity index (χ1n) is 12.1. The normalized spacial score (nSPS) is 25.5. The van der Waals surface area contributed by atoms with Crippen LogP contribution in [0.2, 0.25) is 0 Å². The Morgan fingerprint density at radius 2 is 1.53 bits per heavy atom. The highest BCUT2D eigenvalue weighted by atomic mass is 16.4. The summed E-state index contributed by atoms with van der Waals surface area (Å²) < 4.78 is 0. The van der Waals surface area contributed by atoms with E-state index in [1.54, 1.807) is 12.1 Å². The van der Waals surface area contributed by atoms with Crippen LogP contribution in [0.5, 0.6) is 0 Å².